The zero-order valence-electron chi connectivity index (χ0n) is 17.6. The number of halogens is 1. The summed E-state index contributed by atoms with van der Waals surface area (Å²) in [6.45, 7) is 6.25. The lowest BCUT2D eigenvalue weighted by atomic mass is 9.93. The lowest BCUT2D eigenvalue weighted by molar-refractivity contribution is -0.114. The summed E-state index contributed by atoms with van der Waals surface area (Å²) in [6.07, 6.45) is 1.47. The van der Waals surface area contributed by atoms with Crippen LogP contribution in [0.2, 0.25) is 0 Å². The first kappa shape index (κ1) is 21.1. The molecule has 1 aliphatic rings. The number of carbonyl (C=O) groups is 1. The highest BCUT2D eigenvalue weighted by atomic mass is 79.9. The van der Waals surface area contributed by atoms with Crippen LogP contribution in [-0.4, -0.2) is 27.2 Å². The van der Waals surface area contributed by atoms with Gasteiger partial charge in [0, 0.05) is 11.3 Å². The molecule has 0 spiro atoms. The Hall–Kier alpha value is -3.13. The first-order valence-corrected chi connectivity index (χ1v) is 10.8. The number of benzene rings is 2. The molecule has 8 heteroatoms. The fourth-order valence-corrected chi connectivity index (χ4v) is 4.31. The van der Waals surface area contributed by atoms with E-state index in [1.165, 1.54) is 6.33 Å². The Kier molecular flexibility index (Phi) is 6.08. The molecule has 1 atom stereocenters. The van der Waals surface area contributed by atoms with Crippen LogP contribution in [0.1, 0.15) is 37.9 Å². The third kappa shape index (κ3) is 4.20. The number of hydrogen-bond acceptors (Lipinski definition) is 6. The zero-order chi connectivity index (χ0) is 22.0. The van der Waals surface area contributed by atoms with Crippen LogP contribution in [0.25, 0.3) is 0 Å². The van der Waals surface area contributed by atoms with Crippen LogP contribution in [-0.2, 0) is 11.4 Å². The second-order valence-electron chi connectivity index (χ2n) is 7.19. The molecular weight excluding hydrogens is 460 g/mol. The summed E-state index contributed by atoms with van der Waals surface area (Å²) >= 11 is 3.64. The lowest BCUT2D eigenvalue weighted by Gasteiger charge is -2.29. The Balaban J connectivity index is 1.76. The highest BCUT2D eigenvalue weighted by molar-refractivity contribution is 9.10. The second kappa shape index (κ2) is 8.93. The van der Waals surface area contributed by atoms with E-state index in [4.69, 9.17) is 9.47 Å². The predicted octanol–water partition coefficient (Wildman–Crippen LogP) is 4.90. The Morgan fingerprint density at radius 2 is 2.00 bits per heavy atom. The van der Waals surface area contributed by atoms with E-state index < -0.39 is 6.04 Å². The number of ether oxygens (including phenoxy) is 2. The van der Waals surface area contributed by atoms with Gasteiger partial charge in [-0.05, 0) is 60.0 Å². The van der Waals surface area contributed by atoms with Crippen LogP contribution < -0.4 is 14.8 Å². The third-order valence-electron chi connectivity index (χ3n) is 5.05. The zero-order valence-corrected chi connectivity index (χ0v) is 19.1. The van der Waals surface area contributed by atoms with Crippen molar-refractivity contribution in [2.75, 3.05) is 11.9 Å². The number of allylic oxidation sites excluding steroid dienone is 2. The van der Waals surface area contributed by atoms with Crippen molar-refractivity contribution in [2.24, 2.45) is 0 Å². The summed E-state index contributed by atoms with van der Waals surface area (Å²) in [5, 5.41) is 7.51. The Morgan fingerprint density at radius 1 is 1.23 bits per heavy atom. The molecule has 0 bridgehead atoms. The van der Waals surface area contributed by atoms with E-state index in [1.54, 1.807) is 11.6 Å². The molecule has 2 aromatic carbocycles. The number of nitrogens with zero attached hydrogens (tertiary/aromatic N) is 3. The lowest BCUT2D eigenvalue weighted by Crippen LogP contribution is -2.27. The highest BCUT2D eigenvalue weighted by Gasteiger charge is 2.32. The van der Waals surface area contributed by atoms with Crippen molar-refractivity contribution in [3.8, 4) is 11.5 Å². The molecule has 0 amide bonds. The van der Waals surface area contributed by atoms with Gasteiger partial charge in [0.05, 0.1) is 11.1 Å². The van der Waals surface area contributed by atoms with E-state index in [1.807, 2.05) is 56.3 Å². The van der Waals surface area contributed by atoms with Crippen LogP contribution >= 0.6 is 15.9 Å². The molecule has 31 heavy (non-hydrogen) atoms. The topological polar surface area (TPSA) is 78.3 Å². The molecule has 0 radical (unpaired) electrons. The van der Waals surface area contributed by atoms with Crippen molar-refractivity contribution >= 4 is 27.7 Å². The van der Waals surface area contributed by atoms with Crippen molar-refractivity contribution in [3.63, 3.8) is 0 Å². The number of nitrogens with one attached hydrogen (secondary N) is 1. The average molecular weight is 483 g/mol. The van der Waals surface area contributed by atoms with Crippen LogP contribution in [0, 0.1) is 0 Å². The van der Waals surface area contributed by atoms with E-state index in [-0.39, 0.29) is 5.78 Å². The minimum absolute atomic E-state index is 0.0327. The smallest absolute Gasteiger partial charge is 0.226 e. The molecule has 0 aliphatic carbocycles. The maximum atomic E-state index is 12.5. The Morgan fingerprint density at radius 3 is 2.71 bits per heavy atom. The van der Waals surface area contributed by atoms with Gasteiger partial charge in [-0.25, -0.2) is 4.68 Å². The molecule has 1 N–H and O–H groups in total. The molecule has 7 nitrogen and oxygen atoms in total. The van der Waals surface area contributed by atoms with Gasteiger partial charge in [-0.3, -0.25) is 4.79 Å². The molecular formula is C23H23BrN4O3. The van der Waals surface area contributed by atoms with Gasteiger partial charge in [0.1, 0.15) is 19.0 Å². The molecule has 1 aliphatic heterocycles. The van der Waals surface area contributed by atoms with Gasteiger partial charge in [0.15, 0.2) is 17.3 Å². The van der Waals surface area contributed by atoms with Gasteiger partial charge in [-0.1, -0.05) is 30.3 Å². The van der Waals surface area contributed by atoms with Gasteiger partial charge >= 0.3 is 0 Å². The van der Waals surface area contributed by atoms with Crippen molar-refractivity contribution in [3.05, 3.63) is 75.7 Å². The third-order valence-corrected chi connectivity index (χ3v) is 5.64. The van der Waals surface area contributed by atoms with E-state index >= 15 is 0 Å². The van der Waals surface area contributed by atoms with Crippen LogP contribution in [0.15, 0.2) is 64.5 Å². The molecule has 160 valence electrons. The predicted molar refractivity (Wildman–Crippen MR) is 121 cm³/mol. The first-order valence-electron chi connectivity index (χ1n) is 10.0. The van der Waals surface area contributed by atoms with Crippen molar-refractivity contribution < 1.29 is 14.3 Å². The van der Waals surface area contributed by atoms with E-state index in [0.29, 0.717) is 36.2 Å². The van der Waals surface area contributed by atoms with Crippen molar-refractivity contribution in [2.45, 2.75) is 33.4 Å². The number of rotatable bonds is 7. The van der Waals surface area contributed by atoms with Gasteiger partial charge in [-0.15, -0.1) is 0 Å². The summed E-state index contributed by atoms with van der Waals surface area (Å²) in [6, 6.07) is 13.4. The average Bonchev–Trinajstić information content (AvgIpc) is 3.20. The molecule has 3 aromatic rings. The van der Waals surface area contributed by atoms with Gasteiger partial charge < -0.3 is 14.8 Å². The van der Waals surface area contributed by atoms with Gasteiger partial charge in [0.25, 0.3) is 0 Å². The minimum Gasteiger partial charge on any atom is -0.490 e. The standard InChI is InChI=1S/C23H23BrN4O3/c1-4-30-19-11-17(10-18(24)22(19)31-12-16-8-6-5-7-9-16)21-20(15(3)29)14(2)27-23-25-13-26-28(21)23/h5-11,13,21H,4,12H2,1-3H3,(H,25,26,27). The largest absolute Gasteiger partial charge is 0.490 e. The number of anilines is 1. The summed E-state index contributed by atoms with van der Waals surface area (Å²) in [5.41, 5.74) is 3.30. The van der Waals surface area contributed by atoms with E-state index in [0.717, 1.165) is 21.3 Å². The van der Waals surface area contributed by atoms with E-state index in [2.05, 4.69) is 31.3 Å². The van der Waals surface area contributed by atoms with E-state index in [9.17, 15) is 4.79 Å². The SMILES string of the molecule is CCOc1cc(C2C(C(C)=O)=C(C)Nc3ncnn32)cc(Br)c1OCc1ccccc1. The number of fused-ring (bicyclic) bond motifs is 1. The van der Waals surface area contributed by atoms with Gasteiger partial charge in [-0.2, -0.15) is 10.1 Å². The number of ketones is 1. The van der Waals surface area contributed by atoms with Crippen LogP contribution in [0.5, 0.6) is 11.5 Å². The minimum atomic E-state index is -0.421. The van der Waals surface area contributed by atoms with Crippen LogP contribution in [0.3, 0.4) is 0 Å². The molecule has 1 unspecified atom stereocenters. The quantitative estimate of drug-likeness (QED) is 0.516. The summed E-state index contributed by atoms with van der Waals surface area (Å²) in [4.78, 5) is 16.8. The molecule has 0 fully saturated rings. The second-order valence-corrected chi connectivity index (χ2v) is 8.04. The Bertz CT molecular complexity index is 1140. The molecule has 2 heterocycles. The van der Waals surface area contributed by atoms with Gasteiger partial charge in [0.2, 0.25) is 5.95 Å². The normalized spacial score (nSPS) is 15.3. The maximum Gasteiger partial charge on any atom is 0.226 e. The van der Waals surface area contributed by atoms with Crippen molar-refractivity contribution in [1.82, 2.24) is 14.8 Å². The monoisotopic (exact) mass is 482 g/mol. The van der Waals surface area contributed by atoms with Crippen LogP contribution in [0.4, 0.5) is 5.95 Å². The summed E-state index contributed by atoms with van der Waals surface area (Å²) in [5.74, 6) is 1.77. The number of Topliss-reactive ketones (excluding diaryl/α,β-unsaturated/α-hetero) is 1. The first-order chi connectivity index (χ1) is 15.0. The fraction of sp³-hybridized carbons (Fsp3) is 0.261. The number of hydrogen-bond donors (Lipinski definition) is 1. The Labute approximate surface area is 189 Å². The molecule has 1 aromatic heterocycles. The molecule has 4 rings (SSSR count). The maximum absolute atomic E-state index is 12.5. The summed E-state index contributed by atoms with van der Waals surface area (Å²) < 4.78 is 14.5. The van der Waals surface area contributed by atoms with Crippen molar-refractivity contribution in [1.29, 1.82) is 0 Å². The highest BCUT2D eigenvalue weighted by Crippen LogP contribution is 2.43. The fourth-order valence-electron chi connectivity index (χ4n) is 3.73. The number of carbonyl (C=O) groups excluding carboxylic acids is 1. The number of aromatic nitrogens is 3. The summed E-state index contributed by atoms with van der Waals surface area (Å²) in [7, 11) is 0. The molecule has 0 saturated heterocycles. The molecule has 0 saturated carbocycles.